The van der Waals surface area contributed by atoms with Crippen LogP contribution in [-0.4, -0.2) is 17.6 Å². The first-order valence-electron chi connectivity index (χ1n) is 6.16. The molecule has 0 fully saturated rings. The minimum atomic E-state index is -0.513. The summed E-state index contributed by atoms with van der Waals surface area (Å²) in [5, 5.41) is 2.94. The minimum Gasteiger partial charge on any atom is -0.462 e. The van der Waals surface area contributed by atoms with Gasteiger partial charge in [-0.2, -0.15) is 0 Å². The highest BCUT2D eigenvalue weighted by molar-refractivity contribution is 9.10. The van der Waals surface area contributed by atoms with E-state index in [1.54, 1.807) is 13.0 Å². The number of benzene rings is 1. The number of anilines is 3. The van der Waals surface area contributed by atoms with Gasteiger partial charge in [0.05, 0.1) is 22.3 Å². The van der Waals surface area contributed by atoms with Crippen LogP contribution in [0.15, 0.2) is 34.9 Å². The Morgan fingerprint density at radius 2 is 2.24 bits per heavy atom. The number of ether oxygens (including phenoxy) is 1. The predicted octanol–water partition coefficient (Wildman–Crippen LogP) is 3.49. The molecule has 3 N–H and O–H groups in total. The Bertz CT molecular complexity index is 679. The lowest BCUT2D eigenvalue weighted by Gasteiger charge is -2.11. The van der Waals surface area contributed by atoms with E-state index in [-0.39, 0.29) is 23.7 Å². The van der Waals surface area contributed by atoms with E-state index >= 15 is 0 Å². The number of hydrogen-bond acceptors (Lipinski definition) is 5. The summed E-state index contributed by atoms with van der Waals surface area (Å²) in [6.07, 6.45) is 1.45. The Morgan fingerprint density at radius 1 is 1.48 bits per heavy atom. The van der Waals surface area contributed by atoms with Crippen molar-refractivity contribution >= 4 is 39.1 Å². The van der Waals surface area contributed by atoms with Crippen LogP contribution in [0.3, 0.4) is 0 Å². The average molecular weight is 354 g/mol. The third-order valence-corrected chi connectivity index (χ3v) is 3.28. The molecule has 0 saturated heterocycles. The third kappa shape index (κ3) is 3.49. The molecule has 0 unspecified atom stereocenters. The molecule has 0 spiro atoms. The fourth-order valence-electron chi connectivity index (χ4n) is 1.67. The van der Waals surface area contributed by atoms with Gasteiger partial charge in [0.15, 0.2) is 5.82 Å². The highest BCUT2D eigenvalue weighted by Gasteiger charge is 2.14. The monoisotopic (exact) mass is 353 g/mol. The first kappa shape index (κ1) is 15.2. The summed E-state index contributed by atoms with van der Waals surface area (Å²) in [7, 11) is 0. The number of nitrogen functional groups attached to an aromatic ring is 1. The van der Waals surface area contributed by atoms with Crippen molar-refractivity contribution in [1.29, 1.82) is 0 Å². The molecule has 2 rings (SSSR count). The largest absolute Gasteiger partial charge is 0.462 e. The van der Waals surface area contributed by atoms with E-state index in [9.17, 15) is 9.18 Å². The predicted molar refractivity (Wildman–Crippen MR) is 82.0 cm³/mol. The molecule has 1 aromatic heterocycles. The van der Waals surface area contributed by atoms with Crippen molar-refractivity contribution in [1.82, 2.24) is 4.98 Å². The van der Waals surface area contributed by atoms with Gasteiger partial charge in [-0.1, -0.05) is 0 Å². The van der Waals surface area contributed by atoms with Crippen LogP contribution < -0.4 is 11.1 Å². The summed E-state index contributed by atoms with van der Waals surface area (Å²) in [6.45, 7) is 1.97. The van der Waals surface area contributed by atoms with Crippen LogP contribution in [0.1, 0.15) is 17.3 Å². The molecule has 0 aliphatic heterocycles. The Hall–Kier alpha value is -2.15. The summed E-state index contributed by atoms with van der Waals surface area (Å²) in [4.78, 5) is 15.8. The maximum absolute atomic E-state index is 13.2. The molecule has 0 radical (unpaired) electrons. The van der Waals surface area contributed by atoms with Crippen LogP contribution >= 0.6 is 15.9 Å². The smallest absolute Gasteiger partial charge is 0.340 e. The molecule has 0 amide bonds. The third-order valence-electron chi connectivity index (χ3n) is 2.67. The maximum atomic E-state index is 13.2. The van der Waals surface area contributed by atoms with E-state index in [0.717, 1.165) is 0 Å². The topological polar surface area (TPSA) is 77.2 Å². The van der Waals surface area contributed by atoms with Crippen LogP contribution in [0.25, 0.3) is 0 Å². The lowest BCUT2D eigenvalue weighted by Crippen LogP contribution is -2.10. The van der Waals surface area contributed by atoms with Crippen molar-refractivity contribution in [3.8, 4) is 0 Å². The Morgan fingerprint density at radius 3 is 2.90 bits per heavy atom. The van der Waals surface area contributed by atoms with Gasteiger partial charge >= 0.3 is 5.97 Å². The van der Waals surface area contributed by atoms with E-state index in [1.165, 1.54) is 24.4 Å². The van der Waals surface area contributed by atoms with Crippen molar-refractivity contribution in [3.63, 3.8) is 0 Å². The van der Waals surface area contributed by atoms with Crippen LogP contribution in [0, 0.1) is 5.82 Å². The van der Waals surface area contributed by atoms with Gasteiger partial charge in [0.2, 0.25) is 0 Å². The highest BCUT2D eigenvalue weighted by atomic mass is 79.9. The molecular formula is C14H13BrFN3O2. The van der Waals surface area contributed by atoms with Crippen LogP contribution in [-0.2, 0) is 4.74 Å². The Balaban J connectivity index is 2.30. The van der Waals surface area contributed by atoms with Gasteiger partial charge in [0.1, 0.15) is 5.82 Å². The molecule has 0 aliphatic rings. The molecule has 1 aromatic carbocycles. The zero-order valence-corrected chi connectivity index (χ0v) is 12.8. The van der Waals surface area contributed by atoms with Crippen molar-refractivity contribution in [2.45, 2.75) is 6.92 Å². The number of aromatic nitrogens is 1. The van der Waals surface area contributed by atoms with Gasteiger partial charge in [-0.25, -0.2) is 14.2 Å². The van der Waals surface area contributed by atoms with Crippen molar-refractivity contribution < 1.29 is 13.9 Å². The molecule has 0 saturated carbocycles. The molecule has 110 valence electrons. The quantitative estimate of drug-likeness (QED) is 0.822. The summed E-state index contributed by atoms with van der Waals surface area (Å²) < 4.78 is 18.4. The number of nitrogens with two attached hydrogens (primary N) is 1. The van der Waals surface area contributed by atoms with Crippen molar-refractivity contribution in [2.75, 3.05) is 17.7 Å². The number of nitrogens with one attached hydrogen (secondary N) is 1. The lowest BCUT2D eigenvalue weighted by atomic mass is 10.2. The van der Waals surface area contributed by atoms with Crippen molar-refractivity contribution in [2.24, 2.45) is 0 Å². The second kappa shape index (κ2) is 6.53. The number of carbonyl (C=O) groups excluding carboxylic acids is 1. The standard InChI is InChI=1S/C14H13BrFN3O2/c1-2-21-14(20)9-5-6-18-13(12(9)17)19-8-3-4-11(16)10(15)7-8/h3-7H,2,17H2,1H3,(H,18,19). The number of halogens is 2. The number of esters is 1. The summed E-state index contributed by atoms with van der Waals surface area (Å²) in [5.41, 5.74) is 6.91. The summed E-state index contributed by atoms with van der Waals surface area (Å²) in [5.74, 6) is -0.582. The van der Waals surface area contributed by atoms with E-state index in [1.807, 2.05) is 0 Å². The zero-order chi connectivity index (χ0) is 15.4. The number of carbonyl (C=O) groups is 1. The molecule has 0 bridgehead atoms. The molecule has 5 nitrogen and oxygen atoms in total. The van der Waals surface area contributed by atoms with E-state index in [2.05, 4.69) is 26.2 Å². The van der Waals surface area contributed by atoms with Crippen molar-refractivity contribution in [3.05, 3.63) is 46.3 Å². The van der Waals surface area contributed by atoms with E-state index < -0.39 is 5.97 Å². The SMILES string of the molecule is CCOC(=O)c1ccnc(Nc2ccc(F)c(Br)c2)c1N. The first-order chi connectivity index (χ1) is 10.0. The second-order valence-electron chi connectivity index (χ2n) is 4.10. The molecular weight excluding hydrogens is 341 g/mol. The van der Waals surface area contributed by atoms with Crippen LogP contribution in [0.4, 0.5) is 21.6 Å². The van der Waals surface area contributed by atoms with Gasteiger partial charge in [-0.15, -0.1) is 0 Å². The Labute approximate surface area is 129 Å². The Kier molecular flexibility index (Phi) is 4.74. The lowest BCUT2D eigenvalue weighted by molar-refractivity contribution is 0.0527. The normalized spacial score (nSPS) is 10.2. The minimum absolute atomic E-state index is 0.177. The molecule has 2 aromatic rings. The van der Waals surface area contributed by atoms with Gasteiger partial charge < -0.3 is 15.8 Å². The van der Waals surface area contributed by atoms with Gasteiger partial charge in [-0.05, 0) is 47.1 Å². The maximum Gasteiger partial charge on any atom is 0.340 e. The second-order valence-corrected chi connectivity index (χ2v) is 4.95. The summed E-state index contributed by atoms with van der Waals surface area (Å²) in [6, 6.07) is 5.88. The number of nitrogens with zero attached hydrogens (tertiary/aromatic N) is 1. The molecule has 7 heteroatoms. The molecule has 21 heavy (non-hydrogen) atoms. The fraction of sp³-hybridized carbons (Fsp3) is 0.143. The zero-order valence-electron chi connectivity index (χ0n) is 11.2. The molecule has 0 aliphatic carbocycles. The number of rotatable bonds is 4. The number of pyridine rings is 1. The number of hydrogen-bond donors (Lipinski definition) is 2. The molecule has 0 atom stereocenters. The fourth-order valence-corrected chi connectivity index (χ4v) is 2.05. The van der Waals surface area contributed by atoms with Gasteiger partial charge in [0, 0.05) is 11.9 Å². The highest BCUT2D eigenvalue weighted by Crippen LogP contribution is 2.27. The summed E-state index contributed by atoms with van der Waals surface area (Å²) >= 11 is 3.10. The van der Waals surface area contributed by atoms with Crippen LogP contribution in [0.2, 0.25) is 0 Å². The average Bonchev–Trinajstić information content (AvgIpc) is 2.45. The van der Waals surface area contributed by atoms with E-state index in [4.69, 9.17) is 10.5 Å². The van der Waals surface area contributed by atoms with E-state index in [0.29, 0.717) is 16.0 Å². The van der Waals surface area contributed by atoms with Crippen LogP contribution in [0.5, 0.6) is 0 Å². The first-order valence-corrected chi connectivity index (χ1v) is 6.96. The van der Waals surface area contributed by atoms with Gasteiger partial charge in [0.25, 0.3) is 0 Å². The molecule has 1 heterocycles. The van der Waals surface area contributed by atoms with Gasteiger partial charge in [-0.3, -0.25) is 0 Å².